The van der Waals surface area contributed by atoms with Gasteiger partial charge in [-0.1, -0.05) is 19.9 Å². The highest BCUT2D eigenvalue weighted by Gasteiger charge is 2.20. The molecule has 27 heavy (non-hydrogen) atoms. The van der Waals surface area contributed by atoms with Crippen LogP contribution in [-0.2, 0) is 4.79 Å². The van der Waals surface area contributed by atoms with E-state index in [1.54, 1.807) is 13.1 Å². The molecule has 0 spiro atoms. The van der Waals surface area contributed by atoms with Crippen molar-refractivity contribution in [3.05, 3.63) is 40.7 Å². The van der Waals surface area contributed by atoms with Crippen molar-refractivity contribution in [3.63, 3.8) is 0 Å². The average Bonchev–Trinajstić information content (AvgIpc) is 2.58. The third-order valence-corrected chi connectivity index (χ3v) is 5.16. The molecule has 1 aromatic rings. The van der Waals surface area contributed by atoms with Crippen molar-refractivity contribution in [2.45, 2.75) is 39.1 Å². The second-order valence-corrected chi connectivity index (χ2v) is 7.94. The fourth-order valence-corrected chi connectivity index (χ4v) is 3.73. The monoisotopic (exact) mass is 391 g/mol. The maximum absolute atomic E-state index is 13.6. The van der Waals surface area contributed by atoms with E-state index in [0.717, 1.165) is 16.9 Å². The summed E-state index contributed by atoms with van der Waals surface area (Å²) in [6, 6.07) is 1.73. The number of allylic oxidation sites excluding steroid dienone is 2. The molecule has 5 nitrogen and oxygen atoms in total. The largest absolute Gasteiger partial charge is 0.348 e. The molecule has 0 radical (unpaired) electrons. The highest BCUT2D eigenvalue weighted by atomic mass is 32.2. The normalized spacial score (nSPS) is 16.4. The number of anilines is 1. The molecule has 1 atom stereocenters. The van der Waals surface area contributed by atoms with E-state index in [-0.39, 0.29) is 30.1 Å². The van der Waals surface area contributed by atoms with Gasteiger partial charge >= 0.3 is 0 Å². The Balaban J connectivity index is 2.25. The summed E-state index contributed by atoms with van der Waals surface area (Å²) < 4.78 is 13.6. The van der Waals surface area contributed by atoms with Crippen molar-refractivity contribution in [1.29, 1.82) is 0 Å². The smallest absolute Gasteiger partial charge is 0.254 e. The highest BCUT2D eigenvalue weighted by Crippen LogP contribution is 2.28. The Labute approximate surface area is 164 Å². The lowest BCUT2D eigenvalue weighted by molar-refractivity contribution is -0.116. The van der Waals surface area contributed by atoms with Gasteiger partial charge in [-0.15, -0.1) is 11.8 Å². The lowest BCUT2D eigenvalue weighted by atomic mass is 9.97. The minimum Gasteiger partial charge on any atom is -0.348 e. The predicted octanol–water partition coefficient (Wildman–Crippen LogP) is 4.03. The van der Waals surface area contributed by atoms with Crippen LogP contribution in [-0.4, -0.2) is 36.1 Å². The predicted molar refractivity (Wildman–Crippen MR) is 108 cm³/mol. The van der Waals surface area contributed by atoms with Crippen LogP contribution in [0.5, 0.6) is 0 Å². The Kier molecular flexibility index (Phi) is 7.18. The van der Waals surface area contributed by atoms with Crippen molar-refractivity contribution in [1.82, 2.24) is 10.3 Å². The van der Waals surface area contributed by atoms with Crippen LogP contribution >= 0.6 is 11.8 Å². The molecule has 2 amide bonds. The number of hydrogen-bond donors (Lipinski definition) is 1. The zero-order valence-corrected chi connectivity index (χ0v) is 17.2. The van der Waals surface area contributed by atoms with Gasteiger partial charge < -0.3 is 10.2 Å². The molecule has 0 saturated carbocycles. The molecule has 0 aliphatic heterocycles. The molecule has 1 aliphatic carbocycles. The zero-order valence-electron chi connectivity index (χ0n) is 16.4. The SMILES string of the molecule is CCSc1nc(N(C)C(C)=O)cc(C)c1C(=O)NCC1=CC(C)CC(F)=C1. The summed E-state index contributed by atoms with van der Waals surface area (Å²) in [5, 5.41) is 3.46. The van der Waals surface area contributed by atoms with Crippen molar-refractivity contribution >= 4 is 29.4 Å². The molecule has 1 aliphatic rings. The van der Waals surface area contributed by atoms with Crippen LogP contribution in [0.15, 0.2) is 34.6 Å². The number of pyridine rings is 1. The van der Waals surface area contributed by atoms with Gasteiger partial charge in [0.05, 0.1) is 5.56 Å². The number of nitrogens with one attached hydrogen (secondary N) is 1. The van der Waals surface area contributed by atoms with Gasteiger partial charge in [0.15, 0.2) is 0 Å². The molecule has 0 aromatic carbocycles. The average molecular weight is 392 g/mol. The summed E-state index contributed by atoms with van der Waals surface area (Å²) in [4.78, 5) is 30.4. The van der Waals surface area contributed by atoms with Crippen LogP contribution in [0.25, 0.3) is 0 Å². The van der Waals surface area contributed by atoms with Crippen LogP contribution in [0, 0.1) is 12.8 Å². The summed E-state index contributed by atoms with van der Waals surface area (Å²) >= 11 is 1.45. The molecule has 1 heterocycles. The van der Waals surface area contributed by atoms with E-state index >= 15 is 0 Å². The second kappa shape index (κ2) is 9.17. The van der Waals surface area contributed by atoms with E-state index in [9.17, 15) is 14.0 Å². The maximum atomic E-state index is 13.6. The Morgan fingerprint density at radius 3 is 2.74 bits per heavy atom. The van der Waals surface area contributed by atoms with E-state index in [4.69, 9.17) is 0 Å². The first-order chi connectivity index (χ1) is 12.7. The molecule has 1 N–H and O–H groups in total. The summed E-state index contributed by atoms with van der Waals surface area (Å²) in [5.74, 6) is 0.848. The lowest BCUT2D eigenvalue weighted by Crippen LogP contribution is -2.29. The Bertz CT molecular complexity index is 805. The van der Waals surface area contributed by atoms with Gasteiger partial charge in [-0.05, 0) is 41.9 Å². The molecule has 7 heteroatoms. The van der Waals surface area contributed by atoms with Crippen molar-refractivity contribution < 1.29 is 14.0 Å². The Morgan fingerprint density at radius 1 is 1.44 bits per heavy atom. The first-order valence-electron chi connectivity index (χ1n) is 8.96. The van der Waals surface area contributed by atoms with E-state index < -0.39 is 0 Å². The molecule has 0 saturated heterocycles. The van der Waals surface area contributed by atoms with Crippen molar-refractivity contribution in [2.24, 2.45) is 5.92 Å². The van der Waals surface area contributed by atoms with Gasteiger partial charge in [0.1, 0.15) is 16.7 Å². The molecular formula is C20H26FN3O2S. The van der Waals surface area contributed by atoms with E-state index in [1.807, 2.05) is 26.8 Å². The third kappa shape index (κ3) is 5.42. The standard InChI is InChI=1S/C20H26FN3O2S/c1-6-27-20-18(13(3)9-17(23-20)24(5)14(4)25)19(26)22-11-15-7-12(2)8-16(21)10-15/h7,9-10,12H,6,8,11H2,1-5H3,(H,22,26). The molecule has 0 bridgehead atoms. The van der Waals surface area contributed by atoms with Gasteiger partial charge in [0.2, 0.25) is 5.91 Å². The van der Waals surface area contributed by atoms with Crippen molar-refractivity contribution in [2.75, 3.05) is 24.2 Å². The van der Waals surface area contributed by atoms with E-state index in [1.165, 1.54) is 29.7 Å². The number of hydrogen-bond acceptors (Lipinski definition) is 4. The first kappa shape index (κ1) is 21.2. The van der Waals surface area contributed by atoms with Crippen LogP contribution in [0.4, 0.5) is 10.2 Å². The molecule has 1 aromatic heterocycles. The number of carbonyl (C=O) groups is 2. The fraction of sp³-hybridized carbons (Fsp3) is 0.450. The Morgan fingerprint density at radius 2 is 2.15 bits per heavy atom. The van der Waals surface area contributed by atoms with Crippen LogP contribution in [0.2, 0.25) is 0 Å². The summed E-state index contributed by atoms with van der Waals surface area (Å²) in [7, 11) is 1.65. The number of aromatic nitrogens is 1. The lowest BCUT2D eigenvalue weighted by Gasteiger charge is -2.19. The first-order valence-corrected chi connectivity index (χ1v) is 9.95. The third-order valence-electron chi connectivity index (χ3n) is 4.30. The number of aryl methyl sites for hydroxylation is 1. The van der Waals surface area contributed by atoms with Gasteiger partial charge in [-0.25, -0.2) is 9.37 Å². The summed E-state index contributed by atoms with van der Waals surface area (Å²) in [6.07, 6.45) is 3.86. The fourth-order valence-electron chi connectivity index (χ4n) is 2.90. The van der Waals surface area contributed by atoms with E-state index in [0.29, 0.717) is 22.8 Å². The molecule has 2 rings (SSSR count). The molecule has 1 unspecified atom stereocenters. The van der Waals surface area contributed by atoms with Crippen LogP contribution in [0.3, 0.4) is 0 Å². The number of carbonyl (C=O) groups excluding carboxylic acids is 2. The second-order valence-electron chi connectivity index (χ2n) is 6.69. The maximum Gasteiger partial charge on any atom is 0.254 e. The minimum atomic E-state index is -0.249. The number of thioether (sulfide) groups is 1. The van der Waals surface area contributed by atoms with Gasteiger partial charge in [-0.3, -0.25) is 9.59 Å². The Hall–Kier alpha value is -2.15. The van der Waals surface area contributed by atoms with Crippen molar-refractivity contribution in [3.8, 4) is 0 Å². The number of halogens is 1. The summed E-state index contributed by atoms with van der Waals surface area (Å²) in [5.41, 5.74) is 2.01. The summed E-state index contributed by atoms with van der Waals surface area (Å²) in [6.45, 7) is 7.49. The molecule has 0 fully saturated rings. The molecular weight excluding hydrogens is 365 g/mol. The quantitative estimate of drug-likeness (QED) is 0.744. The molecule has 146 valence electrons. The highest BCUT2D eigenvalue weighted by molar-refractivity contribution is 7.99. The minimum absolute atomic E-state index is 0.123. The number of amides is 2. The number of nitrogens with zero attached hydrogens (tertiary/aromatic N) is 2. The zero-order chi connectivity index (χ0) is 20.1. The van der Waals surface area contributed by atoms with Gasteiger partial charge in [-0.2, -0.15) is 0 Å². The number of rotatable bonds is 6. The van der Waals surface area contributed by atoms with Gasteiger partial charge in [0, 0.05) is 26.9 Å². The topological polar surface area (TPSA) is 62.3 Å². The van der Waals surface area contributed by atoms with Crippen LogP contribution < -0.4 is 10.2 Å². The van der Waals surface area contributed by atoms with E-state index in [2.05, 4.69) is 10.3 Å². The van der Waals surface area contributed by atoms with Gasteiger partial charge in [0.25, 0.3) is 5.91 Å². The van der Waals surface area contributed by atoms with Crippen LogP contribution in [0.1, 0.15) is 43.1 Å².